The van der Waals surface area contributed by atoms with Crippen LogP contribution in [0.3, 0.4) is 0 Å². The molecule has 1 aromatic rings. The lowest BCUT2D eigenvalue weighted by molar-refractivity contribution is 0.124. The van der Waals surface area contributed by atoms with Crippen molar-refractivity contribution in [3.8, 4) is 0 Å². The van der Waals surface area contributed by atoms with Crippen molar-refractivity contribution < 1.29 is 13.9 Å². The summed E-state index contributed by atoms with van der Waals surface area (Å²) in [4.78, 5) is 13.9. The molecule has 0 aliphatic heterocycles. The predicted molar refractivity (Wildman–Crippen MR) is 84.4 cm³/mol. The minimum absolute atomic E-state index is 0.165. The minimum Gasteiger partial charge on any atom is -0.445 e. The maximum absolute atomic E-state index is 12.4. The van der Waals surface area contributed by atoms with Crippen LogP contribution in [0.15, 0.2) is 30.3 Å². The largest absolute Gasteiger partial charge is 0.445 e. The van der Waals surface area contributed by atoms with Crippen molar-refractivity contribution in [3.05, 3.63) is 35.9 Å². The van der Waals surface area contributed by atoms with Gasteiger partial charge in [-0.15, -0.1) is 0 Å². The summed E-state index contributed by atoms with van der Waals surface area (Å²) in [5.74, 6) is 0. The number of nitrogens with one attached hydrogen (secondary N) is 1. The van der Waals surface area contributed by atoms with Gasteiger partial charge in [-0.1, -0.05) is 30.3 Å². The van der Waals surface area contributed by atoms with Gasteiger partial charge in [0.1, 0.15) is 13.3 Å². The average Bonchev–Trinajstić information content (AvgIpc) is 2.55. The van der Waals surface area contributed by atoms with E-state index < -0.39 is 0 Å². The highest BCUT2D eigenvalue weighted by molar-refractivity contribution is 5.67. The van der Waals surface area contributed by atoms with E-state index in [1.165, 1.54) is 0 Å². The van der Waals surface area contributed by atoms with Crippen LogP contribution >= 0.6 is 0 Å². The number of carbonyl (C=O) groups is 1. The molecule has 1 N–H and O–H groups in total. The van der Waals surface area contributed by atoms with Crippen molar-refractivity contribution in [2.45, 2.75) is 44.4 Å². The summed E-state index contributed by atoms with van der Waals surface area (Å²) in [6.45, 7) is 0.476. The molecule has 0 spiro atoms. The second-order valence-electron chi connectivity index (χ2n) is 5.88. The fraction of sp³-hybridized carbons (Fsp3) is 0.588. The molecule has 5 heteroatoms. The van der Waals surface area contributed by atoms with Crippen LogP contribution in [0.25, 0.3) is 0 Å². The van der Waals surface area contributed by atoms with Gasteiger partial charge in [-0.25, -0.2) is 9.18 Å². The van der Waals surface area contributed by atoms with Crippen LogP contribution in [-0.2, 0) is 11.3 Å². The second-order valence-corrected chi connectivity index (χ2v) is 5.88. The number of hydrogen-bond acceptors (Lipinski definition) is 3. The number of amides is 1. The first-order valence-electron chi connectivity index (χ1n) is 7.92. The van der Waals surface area contributed by atoms with Crippen molar-refractivity contribution >= 4 is 6.09 Å². The third kappa shape index (κ3) is 5.30. The van der Waals surface area contributed by atoms with Crippen LogP contribution < -0.4 is 5.32 Å². The zero-order valence-electron chi connectivity index (χ0n) is 13.1. The van der Waals surface area contributed by atoms with Gasteiger partial charge in [-0.05, 0) is 38.3 Å². The van der Waals surface area contributed by atoms with Crippen molar-refractivity contribution in [1.29, 1.82) is 0 Å². The van der Waals surface area contributed by atoms with E-state index in [9.17, 15) is 9.18 Å². The van der Waals surface area contributed by atoms with Crippen LogP contribution in [0.5, 0.6) is 0 Å². The summed E-state index contributed by atoms with van der Waals surface area (Å²) in [7, 11) is 1.96. The van der Waals surface area contributed by atoms with Crippen LogP contribution in [-0.4, -0.2) is 43.3 Å². The van der Waals surface area contributed by atoms with E-state index in [0.29, 0.717) is 19.2 Å². The topological polar surface area (TPSA) is 41.6 Å². The number of alkyl carbamates (subject to hydrolysis) is 1. The average molecular weight is 308 g/mol. The lowest BCUT2D eigenvalue weighted by atomic mass is 9.90. The monoisotopic (exact) mass is 308 g/mol. The Labute approximate surface area is 131 Å². The molecule has 122 valence electrons. The van der Waals surface area contributed by atoms with Gasteiger partial charge < -0.3 is 15.0 Å². The Bertz CT molecular complexity index is 447. The Morgan fingerprint density at radius 3 is 2.59 bits per heavy atom. The summed E-state index contributed by atoms with van der Waals surface area (Å²) < 4.78 is 17.6. The molecule has 1 amide bonds. The number of ether oxygens (including phenoxy) is 1. The lowest BCUT2D eigenvalue weighted by Crippen LogP contribution is -2.43. The molecule has 4 nitrogen and oxygen atoms in total. The molecular formula is C17H25FN2O2. The van der Waals surface area contributed by atoms with E-state index in [0.717, 1.165) is 31.2 Å². The maximum Gasteiger partial charge on any atom is 0.407 e. The Morgan fingerprint density at radius 2 is 1.95 bits per heavy atom. The Morgan fingerprint density at radius 1 is 1.27 bits per heavy atom. The number of nitrogens with zero attached hydrogens (tertiary/aromatic N) is 1. The molecule has 2 rings (SSSR count). The highest BCUT2D eigenvalue weighted by atomic mass is 19.1. The number of benzene rings is 1. The SMILES string of the molecule is CN(CCF)[C@H]1CC[C@H](NC(=O)OCc2ccccc2)CC1. The van der Waals surface area contributed by atoms with E-state index in [1.54, 1.807) is 0 Å². The highest BCUT2D eigenvalue weighted by Gasteiger charge is 2.25. The normalized spacial score (nSPS) is 21.6. The summed E-state index contributed by atoms with van der Waals surface area (Å²) >= 11 is 0. The van der Waals surface area contributed by atoms with Crippen molar-refractivity contribution in [2.75, 3.05) is 20.3 Å². The van der Waals surface area contributed by atoms with Crippen molar-refractivity contribution in [1.82, 2.24) is 10.2 Å². The van der Waals surface area contributed by atoms with Gasteiger partial charge in [0, 0.05) is 18.6 Å². The number of halogens is 1. The van der Waals surface area contributed by atoms with Gasteiger partial charge in [0.25, 0.3) is 0 Å². The molecule has 0 unspecified atom stereocenters. The first-order valence-corrected chi connectivity index (χ1v) is 7.92. The van der Waals surface area contributed by atoms with E-state index in [4.69, 9.17) is 4.74 Å². The van der Waals surface area contributed by atoms with E-state index in [2.05, 4.69) is 10.2 Å². The van der Waals surface area contributed by atoms with Crippen molar-refractivity contribution in [3.63, 3.8) is 0 Å². The van der Waals surface area contributed by atoms with Gasteiger partial charge in [0.15, 0.2) is 0 Å². The summed E-state index contributed by atoms with van der Waals surface area (Å²) in [6, 6.07) is 10.2. The highest BCUT2D eigenvalue weighted by Crippen LogP contribution is 2.22. The standard InChI is InChI=1S/C17H25FN2O2/c1-20(12-11-18)16-9-7-15(8-10-16)19-17(21)22-13-14-5-3-2-4-6-14/h2-6,15-16H,7-13H2,1H3,(H,19,21)/t15-,16-. The fourth-order valence-electron chi connectivity index (χ4n) is 2.91. The molecule has 0 atom stereocenters. The van der Waals surface area contributed by atoms with E-state index >= 15 is 0 Å². The molecule has 1 saturated carbocycles. The maximum atomic E-state index is 12.4. The molecular weight excluding hydrogens is 283 g/mol. The molecule has 22 heavy (non-hydrogen) atoms. The summed E-state index contributed by atoms with van der Waals surface area (Å²) in [6.07, 6.45) is 3.45. The Balaban J connectivity index is 1.66. The smallest absolute Gasteiger partial charge is 0.407 e. The number of hydrogen-bond donors (Lipinski definition) is 1. The van der Waals surface area contributed by atoms with Crippen LogP contribution in [0, 0.1) is 0 Å². The molecule has 1 aliphatic carbocycles. The molecule has 1 aromatic carbocycles. The predicted octanol–water partition coefficient (Wildman–Crippen LogP) is 3.13. The van der Waals surface area contributed by atoms with Crippen LogP contribution in [0.4, 0.5) is 9.18 Å². The minimum atomic E-state index is -0.357. The molecule has 0 bridgehead atoms. The molecule has 0 aromatic heterocycles. The Kier molecular flexibility index (Phi) is 6.65. The zero-order valence-corrected chi connectivity index (χ0v) is 13.1. The zero-order chi connectivity index (χ0) is 15.8. The van der Waals surface area contributed by atoms with Gasteiger partial charge in [0.05, 0.1) is 0 Å². The summed E-state index contributed by atoms with van der Waals surface area (Å²) in [5, 5.41) is 2.93. The quantitative estimate of drug-likeness (QED) is 0.878. The summed E-state index contributed by atoms with van der Waals surface area (Å²) in [5.41, 5.74) is 0.981. The van der Waals surface area contributed by atoms with Crippen molar-refractivity contribution in [2.24, 2.45) is 0 Å². The first kappa shape index (κ1) is 16.7. The number of rotatable bonds is 6. The lowest BCUT2D eigenvalue weighted by Gasteiger charge is -2.34. The Hall–Kier alpha value is -1.62. The fourth-order valence-corrected chi connectivity index (χ4v) is 2.91. The van der Waals surface area contributed by atoms with E-state index in [1.807, 2.05) is 37.4 Å². The molecule has 0 heterocycles. The molecule has 0 saturated heterocycles. The van der Waals surface area contributed by atoms with Gasteiger partial charge in [-0.2, -0.15) is 0 Å². The second kappa shape index (κ2) is 8.73. The van der Waals surface area contributed by atoms with Crippen LogP contribution in [0.1, 0.15) is 31.2 Å². The van der Waals surface area contributed by atoms with Gasteiger partial charge >= 0.3 is 6.09 Å². The van der Waals surface area contributed by atoms with Gasteiger partial charge in [-0.3, -0.25) is 0 Å². The van der Waals surface area contributed by atoms with Gasteiger partial charge in [0.2, 0.25) is 0 Å². The van der Waals surface area contributed by atoms with E-state index in [-0.39, 0.29) is 18.8 Å². The molecule has 0 radical (unpaired) electrons. The van der Waals surface area contributed by atoms with Crippen LogP contribution in [0.2, 0.25) is 0 Å². The first-order chi connectivity index (χ1) is 10.7. The third-order valence-corrected chi connectivity index (χ3v) is 4.29. The molecule has 1 fully saturated rings. The number of carbonyl (C=O) groups excluding carboxylic acids is 1. The third-order valence-electron chi connectivity index (χ3n) is 4.29. The number of alkyl halides is 1. The molecule has 1 aliphatic rings.